The van der Waals surface area contributed by atoms with E-state index in [1.165, 1.54) is 96.3 Å². The topological polar surface area (TPSA) is 37.3 Å². The molecular formula is C36H64O2. The van der Waals surface area contributed by atoms with Gasteiger partial charge in [-0.05, 0) is 70.6 Å². The number of unbranched alkanes of at least 4 members (excludes halogenated alkanes) is 16. The maximum atomic E-state index is 11.6. The lowest BCUT2D eigenvalue weighted by Crippen LogP contribution is -2.13. The van der Waals surface area contributed by atoms with Crippen molar-refractivity contribution in [3.8, 4) is 0 Å². The Bertz CT molecular complexity index is 598. The molecule has 0 saturated heterocycles. The molecule has 0 aromatic carbocycles. The monoisotopic (exact) mass is 528 g/mol. The first-order valence-corrected chi connectivity index (χ1v) is 16.5. The average molecular weight is 529 g/mol. The van der Waals surface area contributed by atoms with E-state index in [2.05, 4.69) is 62.5 Å². The molecular weight excluding hydrogens is 464 g/mol. The van der Waals surface area contributed by atoms with E-state index >= 15 is 0 Å². The largest absolute Gasteiger partial charge is 0.481 e. The molecule has 0 saturated carbocycles. The molecule has 0 aliphatic carbocycles. The Morgan fingerprint density at radius 3 is 1.32 bits per heavy atom. The van der Waals surface area contributed by atoms with Gasteiger partial charge >= 0.3 is 5.97 Å². The zero-order valence-corrected chi connectivity index (χ0v) is 25.5. The number of carboxylic acid groups (broad SMARTS) is 1. The van der Waals surface area contributed by atoms with E-state index in [-0.39, 0.29) is 5.92 Å². The van der Waals surface area contributed by atoms with Crippen LogP contribution in [0.5, 0.6) is 0 Å². The second-order valence-electron chi connectivity index (χ2n) is 11.0. The maximum absolute atomic E-state index is 11.6. The van der Waals surface area contributed by atoms with Crippen LogP contribution in [0.4, 0.5) is 0 Å². The zero-order chi connectivity index (χ0) is 27.8. The van der Waals surface area contributed by atoms with Gasteiger partial charge in [0.05, 0.1) is 5.92 Å². The Morgan fingerprint density at radius 2 is 0.868 bits per heavy atom. The van der Waals surface area contributed by atoms with E-state index in [4.69, 9.17) is 0 Å². The third-order valence-corrected chi connectivity index (χ3v) is 7.37. The van der Waals surface area contributed by atoms with Gasteiger partial charge in [-0.2, -0.15) is 0 Å². The van der Waals surface area contributed by atoms with Crippen LogP contribution in [0.3, 0.4) is 0 Å². The minimum atomic E-state index is -0.584. The Labute approximate surface area is 238 Å². The van der Waals surface area contributed by atoms with Gasteiger partial charge < -0.3 is 5.11 Å². The lowest BCUT2D eigenvalue weighted by atomic mass is 9.94. The van der Waals surface area contributed by atoms with Crippen LogP contribution in [0, 0.1) is 5.92 Å². The fraction of sp³-hybridized carbons (Fsp3) is 0.750. The van der Waals surface area contributed by atoms with Gasteiger partial charge in [0.2, 0.25) is 0 Å². The third-order valence-electron chi connectivity index (χ3n) is 7.37. The van der Waals surface area contributed by atoms with Gasteiger partial charge in [-0.25, -0.2) is 0 Å². The summed E-state index contributed by atoms with van der Waals surface area (Å²) < 4.78 is 0. The molecule has 220 valence electrons. The first-order chi connectivity index (χ1) is 18.7. The highest BCUT2D eigenvalue weighted by molar-refractivity contribution is 5.69. The molecule has 0 bridgehead atoms. The molecule has 0 fully saturated rings. The summed E-state index contributed by atoms with van der Waals surface area (Å²) in [5.74, 6) is -0.718. The smallest absolute Gasteiger partial charge is 0.306 e. The highest BCUT2D eigenvalue weighted by Gasteiger charge is 2.16. The minimum absolute atomic E-state index is 0.134. The van der Waals surface area contributed by atoms with Crippen molar-refractivity contribution in [2.75, 3.05) is 0 Å². The van der Waals surface area contributed by atoms with E-state index in [0.29, 0.717) is 0 Å². The molecule has 0 rings (SSSR count). The average Bonchev–Trinajstić information content (AvgIpc) is 2.91. The van der Waals surface area contributed by atoms with Crippen LogP contribution in [0.15, 0.2) is 48.6 Å². The van der Waals surface area contributed by atoms with Crippen molar-refractivity contribution in [1.82, 2.24) is 0 Å². The van der Waals surface area contributed by atoms with Gasteiger partial charge in [0.25, 0.3) is 0 Å². The Hall–Kier alpha value is -1.57. The van der Waals surface area contributed by atoms with Crippen molar-refractivity contribution in [2.24, 2.45) is 5.92 Å². The molecule has 0 spiro atoms. The summed E-state index contributed by atoms with van der Waals surface area (Å²) in [6.45, 7) is 4.44. The Morgan fingerprint density at radius 1 is 0.500 bits per heavy atom. The summed E-state index contributed by atoms with van der Waals surface area (Å²) in [6.07, 6.45) is 47.1. The first-order valence-electron chi connectivity index (χ1n) is 16.5. The summed E-state index contributed by atoms with van der Waals surface area (Å²) in [7, 11) is 0. The van der Waals surface area contributed by atoms with E-state index in [9.17, 15) is 9.90 Å². The molecule has 1 atom stereocenters. The molecule has 38 heavy (non-hydrogen) atoms. The number of allylic oxidation sites excluding steroid dienone is 8. The lowest BCUT2D eigenvalue weighted by Gasteiger charge is -2.12. The molecule has 1 unspecified atom stereocenters. The molecule has 1 N–H and O–H groups in total. The lowest BCUT2D eigenvalue weighted by molar-refractivity contribution is -0.142. The maximum Gasteiger partial charge on any atom is 0.306 e. The molecule has 0 aromatic rings. The SMILES string of the molecule is CCC=CCC=CCC=CCCCCCCC(CCCCCCCCC=CCCCCCCCC)C(=O)O. The number of carbonyl (C=O) groups is 1. The van der Waals surface area contributed by atoms with E-state index in [0.717, 1.165) is 57.8 Å². The van der Waals surface area contributed by atoms with Crippen molar-refractivity contribution in [2.45, 2.75) is 168 Å². The van der Waals surface area contributed by atoms with E-state index in [1.807, 2.05) is 0 Å². The Balaban J connectivity index is 3.54. The molecule has 0 aromatic heterocycles. The minimum Gasteiger partial charge on any atom is -0.481 e. The van der Waals surface area contributed by atoms with Gasteiger partial charge in [0.15, 0.2) is 0 Å². The highest BCUT2D eigenvalue weighted by Crippen LogP contribution is 2.19. The first kappa shape index (κ1) is 36.4. The van der Waals surface area contributed by atoms with Crippen LogP contribution in [-0.4, -0.2) is 11.1 Å². The van der Waals surface area contributed by atoms with Gasteiger partial charge in [-0.1, -0.05) is 146 Å². The summed E-state index contributed by atoms with van der Waals surface area (Å²) in [5.41, 5.74) is 0. The van der Waals surface area contributed by atoms with Gasteiger partial charge in [0, 0.05) is 0 Å². The second kappa shape index (κ2) is 31.6. The number of hydrogen-bond donors (Lipinski definition) is 1. The van der Waals surface area contributed by atoms with E-state index < -0.39 is 5.97 Å². The fourth-order valence-electron chi connectivity index (χ4n) is 4.86. The molecule has 0 heterocycles. The second-order valence-corrected chi connectivity index (χ2v) is 11.0. The van der Waals surface area contributed by atoms with Crippen LogP contribution >= 0.6 is 0 Å². The predicted molar refractivity (Wildman–Crippen MR) is 170 cm³/mol. The van der Waals surface area contributed by atoms with Crippen LogP contribution in [0.1, 0.15) is 168 Å². The van der Waals surface area contributed by atoms with Crippen molar-refractivity contribution >= 4 is 5.97 Å². The van der Waals surface area contributed by atoms with Gasteiger partial charge in [-0.3, -0.25) is 4.79 Å². The van der Waals surface area contributed by atoms with Crippen LogP contribution in [0.25, 0.3) is 0 Å². The molecule has 2 nitrogen and oxygen atoms in total. The number of hydrogen-bond acceptors (Lipinski definition) is 1. The van der Waals surface area contributed by atoms with Crippen LogP contribution < -0.4 is 0 Å². The van der Waals surface area contributed by atoms with Gasteiger partial charge in [0.1, 0.15) is 0 Å². The van der Waals surface area contributed by atoms with Crippen LogP contribution in [-0.2, 0) is 4.79 Å². The van der Waals surface area contributed by atoms with Crippen molar-refractivity contribution < 1.29 is 9.90 Å². The molecule has 0 aliphatic heterocycles. The summed E-state index contributed by atoms with van der Waals surface area (Å²) in [5, 5.41) is 9.58. The number of rotatable bonds is 29. The van der Waals surface area contributed by atoms with Crippen LogP contribution in [0.2, 0.25) is 0 Å². The highest BCUT2D eigenvalue weighted by atomic mass is 16.4. The van der Waals surface area contributed by atoms with Crippen molar-refractivity contribution in [1.29, 1.82) is 0 Å². The Kier molecular flexibility index (Phi) is 30.3. The molecule has 0 aliphatic rings. The zero-order valence-electron chi connectivity index (χ0n) is 25.5. The normalized spacial score (nSPS) is 13.1. The summed E-state index contributed by atoms with van der Waals surface area (Å²) >= 11 is 0. The number of aliphatic carboxylic acids is 1. The van der Waals surface area contributed by atoms with E-state index in [1.54, 1.807) is 0 Å². The fourth-order valence-corrected chi connectivity index (χ4v) is 4.86. The van der Waals surface area contributed by atoms with Crippen molar-refractivity contribution in [3.63, 3.8) is 0 Å². The molecule has 0 radical (unpaired) electrons. The number of carboxylic acids is 1. The van der Waals surface area contributed by atoms with Crippen molar-refractivity contribution in [3.05, 3.63) is 48.6 Å². The standard InChI is InChI=1S/C36H64O2/c1-3-5-7-9-11-13-15-17-19-20-22-24-26-28-30-32-34-35(36(37)38)33-31-29-27-25-23-21-18-16-14-12-10-8-6-4-2/h6,8,12,14,17-19,21,35H,3-5,7,9-11,13,15-16,20,22-34H2,1-2H3,(H,37,38). The molecule has 0 amide bonds. The quantitative estimate of drug-likeness (QED) is 0.0774. The molecule has 2 heteroatoms. The summed E-state index contributed by atoms with van der Waals surface area (Å²) in [4.78, 5) is 11.6. The predicted octanol–water partition coefficient (Wildman–Crippen LogP) is 12.3. The summed E-state index contributed by atoms with van der Waals surface area (Å²) in [6, 6.07) is 0. The van der Waals surface area contributed by atoms with Gasteiger partial charge in [-0.15, -0.1) is 0 Å². The third kappa shape index (κ3) is 29.0.